The van der Waals surface area contributed by atoms with Crippen LogP contribution in [-0.2, 0) is 0 Å². The van der Waals surface area contributed by atoms with Gasteiger partial charge in [0.25, 0.3) is 0 Å². The Labute approximate surface area is 70.1 Å². The van der Waals surface area contributed by atoms with Gasteiger partial charge >= 0.3 is 0 Å². The molecule has 0 amide bonds. The van der Waals surface area contributed by atoms with Crippen LogP contribution in [0.2, 0.25) is 0 Å². The van der Waals surface area contributed by atoms with E-state index < -0.39 is 0 Å². The number of aliphatic hydroxyl groups is 1. The Morgan fingerprint density at radius 3 is 2.64 bits per heavy atom. The second kappa shape index (κ2) is 6.41. The van der Waals surface area contributed by atoms with Gasteiger partial charge < -0.3 is 5.11 Å². The van der Waals surface area contributed by atoms with Crippen LogP contribution in [0.5, 0.6) is 0 Å². The summed E-state index contributed by atoms with van der Waals surface area (Å²) < 4.78 is 0. The van der Waals surface area contributed by atoms with Gasteiger partial charge in [-0.2, -0.15) is 0 Å². The zero-order valence-corrected chi connectivity index (χ0v) is 7.93. The monoisotopic (exact) mass is 156 g/mol. The lowest BCUT2D eigenvalue weighted by atomic mass is 9.99. The van der Waals surface area contributed by atoms with Crippen molar-refractivity contribution in [3.63, 3.8) is 0 Å². The molecule has 11 heavy (non-hydrogen) atoms. The van der Waals surface area contributed by atoms with Crippen molar-refractivity contribution in [2.45, 2.75) is 40.0 Å². The quantitative estimate of drug-likeness (QED) is 0.607. The molecule has 0 radical (unpaired) electrons. The highest BCUT2D eigenvalue weighted by Gasteiger charge is 2.00. The summed E-state index contributed by atoms with van der Waals surface area (Å²) in [5, 5.41) is 8.66. The second-order valence-electron chi connectivity index (χ2n) is 3.28. The minimum Gasteiger partial charge on any atom is -0.396 e. The molecule has 0 heterocycles. The van der Waals surface area contributed by atoms with Crippen molar-refractivity contribution in [1.29, 1.82) is 0 Å². The van der Waals surface area contributed by atoms with Gasteiger partial charge in [0.05, 0.1) is 0 Å². The highest BCUT2D eigenvalue weighted by Crippen LogP contribution is 2.13. The van der Waals surface area contributed by atoms with E-state index in [9.17, 15) is 0 Å². The van der Waals surface area contributed by atoms with Crippen molar-refractivity contribution in [3.8, 4) is 0 Å². The topological polar surface area (TPSA) is 20.2 Å². The Bertz CT molecular complexity index is 116. The number of rotatable bonds is 5. The van der Waals surface area contributed by atoms with Crippen LogP contribution in [0.1, 0.15) is 40.0 Å². The van der Waals surface area contributed by atoms with Gasteiger partial charge in [0, 0.05) is 6.61 Å². The largest absolute Gasteiger partial charge is 0.396 e. The molecule has 0 aliphatic carbocycles. The molecule has 0 spiro atoms. The highest BCUT2D eigenvalue weighted by atomic mass is 16.2. The molecule has 1 N–H and O–H groups in total. The molecule has 0 aromatic heterocycles. The van der Waals surface area contributed by atoms with Crippen LogP contribution in [0.15, 0.2) is 11.6 Å². The third kappa shape index (κ3) is 6.11. The molecule has 1 heteroatoms. The third-order valence-electron chi connectivity index (χ3n) is 1.84. The Morgan fingerprint density at radius 1 is 1.55 bits per heavy atom. The standard InChI is InChI=1S/C10H20O/c1-4-5-9(2)8-10(3)6-7-11/h5,10-11H,4,6-8H2,1-3H3. The van der Waals surface area contributed by atoms with E-state index in [1.165, 1.54) is 5.57 Å². The van der Waals surface area contributed by atoms with E-state index in [-0.39, 0.29) is 0 Å². The predicted molar refractivity (Wildman–Crippen MR) is 49.5 cm³/mol. The fourth-order valence-corrected chi connectivity index (χ4v) is 1.30. The van der Waals surface area contributed by atoms with Gasteiger partial charge in [-0.3, -0.25) is 0 Å². The molecule has 0 bridgehead atoms. The molecule has 0 rings (SSSR count). The lowest BCUT2D eigenvalue weighted by molar-refractivity contribution is 0.262. The van der Waals surface area contributed by atoms with E-state index in [4.69, 9.17) is 5.11 Å². The predicted octanol–water partition coefficient (Wildman–Crippen LogP) is 2.75. The molecule has 0 aliphatic rings. The number of hydrogen-bond acceptors (Lipinski definition) is 1. The van der Waals surface area contributed by atoms with E-state index >= 15 is 0 Å². The van der Waals surface area contributed by atoms with E-state index in [1.54, 1.807) is 0 Å². The van der Waals surface area contributed by atoms with Gasteiger partial charge in [-0.05, 0) is 32.1 Å². The molecule has 1 atom stereocenters. The van der Waals surface area contributed by atoms with Crippen LogP contribution in [0.4, 0.5) is 0 Å². The smallest absolute Gasteiger partial charge is 0.0433 e. The first-order valence-electron chi connectivity index (χ1n) is 4.47. The fraction of sp³-hybridized carbons (Fsp3) is 0.800. The van der Waals surface area contributed by atoms with Crippen molar-refractivity contribution < 1.29 is 5.11 Å². The summed E-state index contributed by atoms with van der Waals surface area (Å²) in [6.07, 6.45) is 5.44. The van der Waals surface area contributed by atoms with Crippen molar-refractivity contribution in [3.05, 3.63) is 11.6 Å². The molecule has 0 saturated carbocycles. The van der Waals surface area contributed by atoms with Crippen LogP contribution in [0, 0.1) is 5.92 Å². The lowest BCUT2D eigenvalue weighted by Crippen LogP contribution is -1.98. The number of allylic oxidation sites excluding steroid dienone is 2. The van der Waals surface area contributed by atoms with Gasteiger partial charge in [0.2, 0.25) is 0 Å². The zero-order valence-electron chi connectivity index (χ0n) is 7.93. The normalized spacial score (nSPS) is 15.1. The fourth-order valence-electron chi connectivity index (χ4n) is 1.30. The summed E-state index contributed by atoms with van der Waals surface area (Å²) in [7, 11) is 0. The maximum atomic E-state index is 8.66. The minimum atomic E-state index is 0.320. The van der Waals surface area contributed by atoms with Crippen molar-refractivity contribution in [2.75, 3.05) is 6.61 Å². The van der Waals surface area contributed by atoms with Crippen LogP contribution in [-0.4, -0.2) is 11.7 Å². The molecule has 0 fully saturated rings. The maximum Gasteiger partial charge on any atom is 0.0433 e. The SMILES string of the molecule is CCC=C(C)CC(C)CCO. The molecule has 0 aromatic carbocycles. The van der Waals surface area contributed by atoms with Gasteiger partial charge in [0.15, 0.2) is 0 Å². The maximum absolute atomic E-state index is 8.66. The van der Waals surface area contributed by atoms with Gasteiger partial charge in [0.1, 0.15) is 0 Å². The van der Waals surface area contributed by atoms with Crippen LogP contribution in [0.3, 0.4) is 0 Å². The van der Waals surface area contributed by atoms with Crippen LogP contribution in [0.25, 0.3) is 0 Å². The number of hydrogen-bond donors (Lipinski definition) is 1. The summed E-state index contributed by atoms with van der Waals surface area (Å²) in [6, 6.07) is 0. The molecule has 1 unspecified atom stereocenters. The van der Waals surface area contributed by atoms with Gasteiger partial charge in [-0.25, -0.2) is 0 Å². The third-order valence-corrected chi connectivity index (χ3v) is 1.84. The summed E-state index contributed by atoms with van der Waals surface area (Å²) in [5.41, 5.74) is 1.45. The molecule has 1 nitrogen and oxygen atoms in total. The van der Waals surface area contributed by atoms with E-state index in [0.29, 0.717) is 12.5 Å². The minimum absolute atomic E-state index is 0.320. The number of aliphatic hydroxyl groups excluding tert-OH is 1. The summed E-state index contributed by atoms with van der Waals surface area (Å²) in [4.78, 5) is 0. The molecule has 66 valence electrons. The first-order chi connectivity index (χ1) is 5.20. The Balaban J connectivity index is 3.56. The van der Waals surface area contributed by atoms with Crippen molar-refractivity contribution >= 4 is 0 Å². The van der Waals surface area contributed by atoms with Crippen LogP contribution < -0.4 is 0 Å². The Hall–Kier alpha value is -0.300. The average molecular weight is 156 g/mol. The first-order valence-corrected chi connectivity index (χ1v) is 4.47. The van der Waals surface area contributed by atoms with E-state index in [1.807, 2.05) is 0 Å². The molecule has 0 aliphatic heterocycles. The van der Waals surface area contributed by atoms with Crippen LogP contribution >= 0.6 is 0 Å². The molecular formula is C10H20O. The van der Waals surface area contributed by atoms with Gasteiger partial charge in [-0.1, -0.05) is 25.5 Å². The Morgan fingerprint density at radius 2 is 2.18 bits per heavy atom. The summed E-state index contributed by atoms with van der Waals surface area (Å²) >= 11 is 0. The van der Waals surface area contributed by atoms with Gasteiger partial charge in [-0.15, -0.1) is 0 Å². The molecular weight excluding hydrogens is 136 g/mol. The zero-order chi connectivity index (χ0) is 8.69. The average Bonchev–Trinajstić information content (AvgIpc) is 1.87. The summed E-state index contributed by atoms with van der Waals surface area (Å²) in [5.74, 6) is 0.628. The molecule has 0 aromatic rings. The highest BCUT2D eigenvalue weighted by molar-refractivity contribution is 4.98. The lowest BCUT2D eigenvalue weighted by Gasteiger charge is -2.08. The van der Waals surface area contributed by atoms with Crippen molar-refractivity contribution in [1.82, 2.24) is 0 Å². The molecule has 0 saturated heterocycles. The van der Waals surface area contributed by atoms with E-state index in [2.05, 4.69) is 26.8 Å². The van der Waals surface area contributed by atoms with Crippen molar-refractivity contribution in [2.24, 2.45) is 5.92 Å². The first kappa shape index (κ1) is 10.7. The summed E-state index contributed by atoms with van der Waals surface area (Å²) in [6.45, 7) is 6.82. The Kier molecular flexibility index (Phi) is 6.24. The second-order valence-corrected chi connectivity index (χ2v) is 3.28. The van der Waals surface area contributed by atoms with E-state index in [0.717, 1.165) is 19.3 Å².